The molecule has 2 heterocycles. The van der Waals surface area contributed by atoms with Crippen LogP contribution in [0.15, 0.2) is 22.6 Å². The van der Waals surface area contributed by atoms with Gasteiger partial charge in [-0.25, -0.2) is 4.98 Å². The van der Waals surface area contributed by atoms with Gasteiger partial charge in [0.05, 0.1) is 18.6 Å². The normalized spacial score (nSPS) is 17.9. The van der Waals surface area contributed by atoms with Crippen LogP contribution in [0.3, 0.4) is 0 Å². The Kier molecular flexibility index (Phi) is 2.84. The first kappa shape index (κ1) is 11.7. The average molecular weight is 246 g/mol. The molecule has 1 aliphatic heterocycles. The Morgan fingerprint density at radius 3 is 2.89 bits per heavy atom. The molecule has 1 aliphatic rings. The van der Waals surface area contributed by atoms with Gasteiger partial charge in [-0.05, 0) is 24.2 Å². The van der Waals surface area contributed by atoms with E-state index in [1.54, 1.807) is 0 Å². The van der Waals surface area contributed by atoms with E-state index in [2.05, 4.69) is 29.4 Å². The quantitative estimate of drug-likeness (QED) is 0.896. The lowest BCUT2D eigenvalue weighted by molar-refractivity contribution is -0.0587. The summed E-state index contributed by atoms with van der Waals surface area (Å²) in [6, 6.07) is 6.28. The van der Waals surface area contributed by atoms with Gasteiger partial charge >= 0.3 is 0 Å². The maximum atomic E-state index is 5.60. The molecular weight excluding hydrogens is 228 g/mol. The predicted molar refractivity (Wildman–Crippen MR) is 69.8 cm³/mol. The third-order valence-electron chi connectivity index (χ3n) is 3.58. The molecule has 0 unspecified atom stereocenters. The summed E-state index contributed by atoms with van der Waals surface area (Å²) >= 11 is 0. The molecule has 1 fully saturated rings. The number of hydrogen-bond donors (Lipinski definition) is 1. The van der Waals surface area contributed by atoms with E-state index in [1.165, 1.54) is 5.56 Å². The van der Waals surface area contributed by atoms with Gasteiger partial charge in [0, 0.05) is 13.5 Å². The Labute approximate surface area is 106 Å². The second-order valence-electron chi connectivity index (χ2n) is 4.97. The molecule has 0 radical (unpaired) electrons. The molecule has 4 heteroatoms. The number of fused-ring (bicyclic) bond motifs is 1. The minimum Gasteiger partial charge on any atom is -0.441 e. The number of hydrogen-bond acceptors (Lipinski definition) is 4. The number of aryl methyl sites for hydroxylation is 1. The SMILES string of the molecule is CCNCC1(c2ccc3nc(C)oc3c2)COC1. The molecule has 18 heavy (non-hydrogen) atoms. The van der Waals surface area contributed by atoms with Gasteiger partial charge in [-0.3, -0.25) is 0 Å². The summed E-state index contributed by atoms with van der Waals surface area (Å²) in [5.74, 6) is 0.716. The molecule has 3 rings (SSSR count). The fourth-order valence-corrected chi connectivity index (χ4v) is 2.45. The number of likely N-dealkylation sites (N-methyl/N-ethyl adjacent to an activating group) is 1. The van der Waals surface area contributed by atoms with Crippen LogP contribution in [0.4, 0.5) is 0 Å². The Morgan fingerprint density at radius 2 is 2.22 bits per heavy atom. The first-order chi connectivity index (χ1) is 8.73. The van der Waals surface area contributed by atoms with Crippen molar-refractivity contribution in [1.82, 2.24) is 10.3 Å². The van der Waals surface area contributed by atoms with Gasteiger partial charge in [0.25, 0.3) is 0 Å². The van der Waals surface area contributed by atoms with Gasteiger partial charge in [-0.1, -0.05) is 13.0 Å². The molecule has 0 aliphatic carbocycles. The summed E-state index contributed by atoms with van der Waals surface area (Å²) in [5, 5.41) is 3.42. The highest BCUT2D eigenvalue weighted by atomic mass is 16.5. The molecule has 1 N–H and O–H groups in total. The summed E-state index contributed by atoms with van der Waals surface area (Å²) in [5.41, 5.74) is 3.17. The van der Waals surface area contributed by atoms with E-state index < -0.39 is 0 Å². The lowest BCUT2D eigenvalue weighted by atomic mass is 9.78. The number of aromatic nitrogens is 1. The highest BCUT2D eigenvalue weighted by Gasteiger charge is 2.40. The van der Waals surface area contributed by atoms with Crippen LogP contribution in [0, 0.1) is 6.92 Å². The largest absolute Gasteiger partial charge is 0.441 e. The number of nitrogens with one attached hydrogen (secondary N) is 1. The predicted octanol–water partition coefficient (Wildman–Crippen LogP) is 2.01. The van der Waals surface area contributed by atoms with Crippen molar-refractivity contribution in [3.05, 3.63) is 29.7 Å². The summed E-state index contributed by atoms with van der Waals surface area (Å²) in [6.45, 7) is 7.47. The number of oxazole rings is 1. The lowest BCUT2D eigenvalue weighted by Crippen LogP contribution is -2.53. The first-order valence-electron chi connectivity index (χ1n) is 6.40. The summed E-state index contributed by atoms with van der Waals surface area (Å²) in [4.78, 5) is 4.33. The zero-order chi connectivity index (χ0) is 12.6. The zero-order valence-electron chi connectivity index (χ0n) is 10.8. The van der Waals surface area contributed by atoms with Crippen molar-refractivity contribution in [2.45, 2.75) is 19.3 Å². The van der Waals surface area contributed by atoms with Crippen molar-refractivity contribution in [1.29, 1.82) is 0 Å². The van der Waals surface area contributed by atoms with Crippen LogP contribution in [-0.2, 0) is 10.2 Å². The van der Waals surface area contributed by atoms with Gasteiger partial charge in [-0.2, -0.15) is 0 Å². The molecule has 2 aromatic rings. The Morgan fingerprint density at radius 1 is 1.39 bits per heavy atom. The number of benzene rings is 1. The highest BCUT2D eigenvalue weighted by Crippen LogP contribution is 2.33. The monoisotopic (exact) mass is 246 g/mol. The second kappa shape index (κ2) is 4.37. The van der Waals surface area contributed by atoms with E-state index >= 15 is 0 Å². The average Bonchev–Trinajstić information content (AvgIpc) is 2.67. The van der Waals surface area contributed by atoms with Crippen molar-refractivity contribution in [2.75, 3.05) is 26.3 Å². The van der Waals surface area contributed by atoms with Crippen molar-refractivity contribution in [3.8, 4) is 0 Å². The molecule has 4 nitrogen and oxygen atoms in total. The fraction of sp³-hybridized carbons (Fsp3) is 0.500. The third-order valence-corrected chi connectivity index (χ3v) is 3.58. The number of nitrogens with zero attached hydrogens (tertiary/aromatic N) is 1. The van der Waals surface area contributed by atoms with Gasteiger partial charge in [0.1, 0.15) is 5.52 Å². The van der Waals surface area contributed by atoms with Gasteiger partial charge in [0.15, 0.2) is 11.5 Å². The fourth-order valence-electron chi connectivity index (χ4n) is 2.45. The maximum Gasteiger partial charge on any atom is 0.192 e. The maximum absolute atomic E-state index is 5.60. The van der Waals surface area contributed by atoms with Gasteiger partial charge in [-0.15, -0.1) is 0 Å². The summed E-state index contributed by atoms with van der Waals surface area (Å²) in [6.07, 6.45) is 0. The van der Waals surface area contributed by atoms with Crippen molar-refractivity contribution >= 4 is 11.1 Å². The van der Waals surface area contributed by atoms with Crippen LogP contribution in [-0.4, -0.2) is 31.3 Å². The van der Waals surface area contributed by atoms with E-state index in [0.29, 0.717) is 5.89 Å². The van der Waals surface area contributed by atoms with E-state index in [4.69, 9.17) is 9.15 Å². The van der Waals surface area contributed by atoms with Crippen LogP contribution in [0.25, 0.3) is 11.1 Å². The van der Waals surface area contributed by atoms with Crippen LogP contribution in [0.5, 0.6) is 0 Å². The van der Waals surface area contributed by atoms with Gasteiger partial charge < -0.3 is 14.5 Å². The van der Waals surface area contributed by atoms with Crippen LogP contribution in [0.2, 0.25) is 0 Å². The van der Waals surface area contributed by atoms with Crippen LogP contribution >= 0.6 is 0 Å². The summed E-state index contributed by atoms with van der Waals surface area (Å²) < 4.78 is 11.0. The molecule has 0 bridgehead atoms. The smallest absolute Gasteiger partial charge is 0.192 e. The Hall–Kier alpha value is -1.39. The van der Waals surface area contributed by atoms with E-state index in [0.717, 1.165) is 37.4 Å². The number of rotatable bonds is 4. The standard InChI is InChI=1S/C14H18N2O2/c1-3-15-7-14(8-17-9-14)11-4-5-12-13(6-11)18-10(2)16-12/h4-6,15H,3,7-9H2,1-2H3. The molecule has 1 saturated heterocycles. The Bertz CT molecular complexity index is 558. The minimum atomic E-state index is 0.102. The van der Waals surface area contributed by atoms with E-state index in [9.17, 15) is 0 Å². The lowest BCUT2D eigenvalue weighted by Gasteiger charge is -2.42. The van der Waals surface area contributed by atoms with Crippen molar-refractivity contribution in [2.24, 2.45) is 0 Å². The molecule has 1 aromatic heterocycles. The Balaban J connectivity index is 1.96. The topological polar surface area (TPSA) is 47.3 Å². The molecule has 96 valence electrons. The van der Waals surface area contributed by atoms with Crippen molar-refractivity contribution in [3.63, 3.8) is 0 Å². The zero-order valence-corrected chi connectivity index (χ0v) is 10.8. The molecule has 0 spiro atoms. The van der Waals surface area contributed by atoms with Crippen molar-refractivity contribution < 1.29 is 9.15 Å². The molecule has 0 saturated carbocycles. The molecule has 0 amide bonds. The van der Waals surface area contributed by atoms with E-state index in [1.807, 2.05) is 13.0 Å². The summed E-state index contributed by atoms with van der Waals surface area (Å²) in [7, 11) is 0. The first-order valence-corrected chi connectivity index (χ1v) is 6.40. The number of ether oxygens (including phenoxy) is 1. The molecule has 0 atom stereocenters. The van der Waals surface area contributed by atoms with Crippen LogP contribution < -0.4 is 5.32 Å². The third kappa shape index (κ3) is 1.82. The second-order valence-corrected chi connectivity index (χ2v) is 4.97. The minimum absolute atomic E-state index is 0.102. The van der Waals surface area contributed by atoms with Crippen LogP contribution in [0.1, 0.15) is 18.4 Å². The molecular formula is C14H18N2O2. The van der Waals surface area contributed by atoms with Gasteiger partial charge in [0.2, 0.25) is 0 Å². The van der Waals surface area contributed by atoms with E-state index in [-0.39, 0.29) is 5.41 Å². The molecule has 1 aromatic carbocycles. The highest BCUT2D eigenvalue weighted by molar-refractivity contribution is 5.73.